The van der Waals surface area contributed by atoms with Crippen LogP contribution in [-0.2, 0) is 9.47 Å². The Balaban J connectivity index is 2.14. The molecule has 2 rings (SSSR count). The van der Waals surface area contributed by atoms with Crippen LogP contribution < -0.4 is 0 Å². The van der Waals surface area contributed by atoms with E-state index in [0.29, 0.717) is 12.8 Å². The fourth-order valence-corrected chi connectivity index (χ4v) is 2.75. The number of esters is 1. The van der Waals surface area contributed by atoms with Crippen LogP contribution in [0.5, 0.6) is 0 Å². The molecule has 1 aliphatic heterocycles. The van der Waals surface area contributed by atoms with Gasteiger partial charge >= 0.3 is 5.97 Å². The van der Waals surface area contributed by atoms with Gasteiger partial charge in [0, 0.05) is 18.9 Å². The van der Waals surface area contributed by atoms with Gasteiger partial charge in [-0.3, -0.25) is 10.1 Å². The highest BCUT2D eigenvalue weighted by molar-refractivity contribution is 6.35. The van der Waals surface area contributed by atoms with Gasteiger partial charge in [0.1, 0.15) is 11.1 Å². The van der Waals surface area contributed by atoms with Gasteiger partial charge in [0.2, 0.25) is 0 Å². The summed E-state index contributed by atoms with van der Waals surface area (Å²) < 4.78 is 11.0. The molecule has 114 valence electrons. The minimum atomic E-state index is -0.644. The molecule has 0 bridgehead atoms. The molecule has 1 aliphatic rings. The lowest BCUT2D eigenvalue weighted by Crippen LogP contribution is -2.35. The molecule has 1 saturated heterocycles. The summed E-state index contributed by atoms with van der Waals surface area (Å²) in [7, 11) is 0. The Hall–Kier alpha value is -1.66. The van der Waals surface area contributed by atoms with Crippen molar-refractivity contribution in [3.63, 3.8) is 0 Å². The molecule has 1 fully saturated rings. The van der Waals surface area contributed by atoms with E-state index in [1.165, 1.54) is 18.2 Å². The number of carbonyl (C=O) groups excluding carboxylic acids is 1. The van der Waals surface area contributed by atoms with Gasteiger partial charge in [-0.2, -0.15) is 0 Å². The Kier molecular flexibility index (Phi) is 4.80. The number of nitro groups is 1. The van der Waals surface area contributed by atoms with Gasteiger partial charge in [0.25, 0.3) is 5.69 Å². The molecule has 1 aromatic rings. The summed E-state index contributed by atoms with van der Waals surface area (Å²) in [6.07, 6.45) is 0.941. The van der Waals surface area contributed by atoms with Crippen LogP contribution in [0.1, 0.15) is 37.0 Å². The molecule has 6 nitrogen and oxygen atoms in total. The van der Waals surface area contributed by atoms with Crippen molar-refractivity contribution in [3.05, 3.63) is 38.9 Å². The average molecular weight is 314 g/mol. The molecule has 0 saturated carbocycles. The molecule has 1 aromatic carbocycles. The predicted octanol–water partition coefficient (Wildman–Crippen LogP) is 3.36. The highest BCUT2D eigenvalue weighted by Gasteiger charge is 2.29. The fraction of sp³-hybridized carbons (Fsp3) is 0.500. The SMILES string of the molecule is CC1CC(OC(=O)c2cccc([N+](=O)[O-])c2Cl)CC(C)O1. The van der Waals surface area contributed by atoms with E-state index in [2.05, 4.69) is 0 Å². The molecule has 1 heterocycles. The maximum atomic E-state index is 12.2. The zero-order chi connectivity index (χ0) is 15.6. The first-order valence-corrected chi connectivity index (χ1v) is 7.05. The minimum absolute atomic E-state index is 0.00660. The largest absolute Gasteiger partial charge is 0.459 e. The summed E-state index contributed by atoms with van der Waals surface area (Å²) >= 11 is 5.91. The van der Waals surface area contributed by atoms with Gasteiger partial charge in [0.05, 0.1) is 22.7 Å². The van der Waals surface area contributed by atoms with Crippen molar-refractivity contribution in [2.75, 3.05) is 0 Å². The molecular formula is C14H16ClNO5. The number of nitrogens with zero attached hydrogens (tertiary/aromatic N) is 1. The molecule has 0 amide bonds. The summed E-state index contributed by atoms with van der Waals surface area (Å²) in [6.45, 7) is 3.83. The zero-order valence-electron chi connectivity index (χ0n) is 11.7. The molecule has 2 atom stereocenters. The topological polar surface area (TPSA) is 78.7 Å². The Labute approximate surface area is 127 Å². The van der Waals surface area contributed by atoms with E-state index in [4.69, 9.17) is 21.1 Å². The molecule has 21 heavy (non-hydrogen) atoms. The first-order valence-electron chi connectivity index (χ1n) is 6.67. The summed E-state index contributed by atoms with van der Waals surface area (Å²) in [6, 6.07) is 4.08. The summed E-state index contributed by atoms with van der Waals surface area (Å²) in [5.41, 5.74) is -0.294. The fourth-order valence-electron chi connectivity index (χ4n) is 2.47. The number of carbonyl (C=O) groups is 1. The van der Waals surface area contributed by atoms with Crippen LogP contribution in [0.2, 0.25) is 5.02 Å². The second-order valence-corrected chi connectivity index (χ2v) is 5.53. The molecule has 0 spiro atoms. The number of nitro benzene ring substituents is 1. The maximum absolute atomic E-state index is 12.2. The first-order chi connectivity index (χ1) is 9.88. The van der Waals surface area contributed by atoms with Crippen molar-refractivity contribution >= 4 is 23.3 Å². The molecule has 7 heteroatoms. The quantitative estimate of drug-likeness (QED) is 0.485. The lowest BCUT2D eigenvalue weighted by atomic mass is 10.0. The van der Waals surface area contributed by atoms with Crippen molar-refractivity contribution in [1.29, 1.82) is 0 Å². The first kappa shape index (κ1) is 15.7. The van der Waals surface area contributed by atoms with Crippen LogP contribution in [0.4, 0.5) is 5.69 Å². The molecule has 0 aromatic heterocycles. The van der Waals surface area contributed by atoms with E-state index < -0.39 is 10.9 Å². The lowest BCUT2D eigenvalue weighted by Gasteiger charge is -2.31. The molecule has 0 aliphatic carbocycles. The third kappa shape index (κ3) is 3.71. The van der Waals surface area contributed by atoms with Gasteiger partial charge in [0.15, 0.2) is 0 Å². The van der Waals surface area contributed by atoms with E-state index >= 15 is 0 Å². The monoisotopic (exact) mass is 313 g/mol. The number of ether oxygens (including phenoxy) is 2. The van der Waals surface area contributed by atoms with Crippen molar-refractivity contribution in [3.8, 4) is 0 Å². The minimum Gasteiger partial charge on any atom is -0.459 e. The summed E-state index contributed by atoms with van der Waals surface area (Å²) in [5, 5.41) is 10.6. The predicted molar refractivity (Wildman–Crippen MR) is 76.6 cm³/mol. The maximum Gasteiger partial charge on any atom is 0.340 e. The number of benzene rings is 1. The van der Waals surface area contributed by atoms with Crippen LogP contribution >= 0.6 is 11.6 Å². The van der Waals surface area contributed by atoms with Crippen molar-refractivity contribution in [1.82, 2.24) is 0 Å². The Morgan fingerprint density at radius 3 is 2.57 bits per heavy atom. The van der Waals surface area contributed by atoms with Crippen molar-refractivity contribution in [2.24, 2.45) is 0 Å². The number of hydrogen-bond donors (Lipinski definition) is 0. The number of rotatable bonds is 3. The van der Waals surface area contributed by atoms with Crippen LogP contribution in [0, 0.1) is 10.1 Å². The Morgan fingerprint density at radius 2 is 2.00 bits per heavy atom. The Bertz CT molecular complexity index is 552. The third-order valence-electron chi connectivity index (χ3n) is 3.32. The van der Waals surface area contributed by atoms with Crippen molar-refractivity contribution < 1.29 is 19.2 Å². The van der Waals surface area contributed by atoms with Crippen LogP contribution in [-0.4, -0.2) is 29.2 Å². The van der Waals surface area contributed by atoms with E-state index in [1.54, 1.807) is 0 Å². The smallest absolute Gasteiger partial charge is 0.340 e. The van der Waals surface area contributed by atoms with Crippen molar-refractivity contribution in [2.45, 2.75) is 45.0 Å². The van der Waals surface area contributed by atoms with E-state index in [0.717, 1.165) is 0 Å². The lowest BCUT2D eigenvalue weighted by molar-refractivity contribution is -0.384. The van der Waals surface area contributed by atoms with E-state index in [-0.39, 0.29) is 34.6 Å². The molecular weight excluding hydrogens is 298 g/mol. The highest BCUT2D eigenvalue weighted by Crippen LogP contribution is 2.29. The van der Waals surface area contributed by atoms with Gasteiger partial charge in [-0.05, 0) is 19.9 Å². The number of halogens is 1. The second kappa shape index (κ2) is 6.41. The standard InChI is InChI=1S/C14H16ClNO5/c1-8-6-10(7-9(2)20-8)21-14(17)11-4-3-5-12(13(11)15)16(18)19/h3-5,8-10H,6-7H2,1-2H3. The number of hydrogen-bond acceptors (Lipinski definition) is 5. The summed E-state index contributed by atoms with van der Waals surface area (Å²) in [4.78, 5) is 22.3. The van der Waals surface area contributed by atoms with E-state index in [9.17, 15) is 14.9 Å². The molecule has 0 N–H and O–H groups in total. The van der Waals surface area contributed by atoms with Crippen LogP contribution in [0.3, 0.4) is 0 Å². The Morgan fingerprint density at radius 1 is 1.38 bits per heavy atom. The van der Waals surface area contributed by atoms with Gasteiger partial charge in [-0.15, -0.1) is 0 Å². The van der Waals surface area contributed by atoms with Crippen LogP contribution in [0.25, 0.3) is 0 Å². The third-order valence-corrected chi connectivity index (χ3v) is 3.72. The van der Waals surface area contributed by atoms with Crippen LogP contribution in [0.15, 0.2) is 18.2 Å². The molecule has 2 unspecified atom stereocenters. The zero-order valence-corrected chi connectivity index (χ0v) is 12.5. The average Bonchev–Trinajstić information content (AvgIpc) is 2.37. The van der Waals surface area contributed by atoms with E-state index in [1.807, 2.05) is 13.8 Å². The second-order valence-electron chi connectivity index (χ2n) is 5.15. The molecule has 0 radical (unpaired) electrons. The van der Waals surface area contributed by atoms with Gasteiger partial charge < -0.3 is 9.47 Å². The van der Waals surface area contributed by atoms with Gasteiger partial charge in [-0.25, -0.2) is 4.79 Å². The normalized spacial score (nSPS) is 25.4. The highest BCUT2D eigenvalue weighted by atomic mass is 35.5. The van der Waals surface area contributed by atoms with Gasteiger partial charge in [-0.1, -0.05) is 17.7 Å². The summed E-state index contributed by atoms with van der Waals surface area (Å²) in [5.74, 6) is -0.644.